The van der Waals surface area contributed by atoms with E-state index in [0.29, 0.717) is 12.1 Å². The molecular formula is C9H8N2O. The van der Waals surface area contributed by atoms with Gasteiger partial charge in [-0.05, 0) is 18.6 Å². The number of aromatic nitrogens is 2. The zero-order valence-electron chi connectivity index (χ0n) is 6.53. The fourth-order valence-electron chi connectivity index (χ4n) is 1.29. The van der Waals surface area contributed by atoms with Crippen molar-refractivity contribution in [3.05, 3.63) is 30.1 Å². The third-order valence-electron chi connectivity index (χ3n) is 1.87. The molecule has 3 heteroatoms. The van der Waals surface area contributed by atoms with Gasteiger partial charge in [0.05, 0.1) is 5.69 Å². The Morgan fingerprint density at radius 3 is 2.92 bits per heavy atom. The Morgan fingerprint density at radius 1 is 1.42 bits per heavy atom. The van der Waals surface area contributed by atoms with Crippen LogP contribution < -0.4 is 0 Å². The first kappa shape index (κ1) is 7.16. The van der Waals surface area contributed by atoms with Crippen LogP contribution in [-0.4, -0.2) is 16.0 Å². The molecule has 0 fully saturated rings. The molecule has 60 valence electrons. The van der Waals surface area contributed by atoms with Crippen molar-refractivity contribution in [2.75, 3.05) is 0 Å². The van der Waals surface area contributed by atoms with Crippen molar-refractivity contribution in [1.82, 2.24) is 10.2 Å². The number of Topliss-reactive ketones (excluding diaryl/α,β-unsaturated/α-hetero) is 1. The summed E-state index contributed by atoms with van der Waals surface area (Å²) in [6.07, 6.45) is 4.98. The third-order valence-corrected chi connectivity index (χ3v) is 1.87. The van der Waals surface area contributed by atoms with Gasteiger partial charge in [-0.1, -0.05) is 6.08 Å². The van der Waals surface area contributed by atoms with Crippen LogP contribution in [0, 0.1) is 0 Å². The summed E-state index contributed by atoms with van der Waals surface area (Å²) in [5.41, 5.74) is 1.42. The molecule has 0 amide bonds. The molecule has 0 N–H and O–H groups in total. The fourth-order valence-corrected chi connectivity index (χ4v) is 1.29. The van der Waals surface area contributed by atoms with Crippen molar-refractivity contribution >= 4 is 11.4 Å². The predicted octanol–water partition coefficient (Wildman–Crippen LogP) is 1.22. The average Bonchev–Trinajstić information content (AvgIpc) is 2.53. The minimum Gasteiger partial charge on any atom is -0.294 e. The first-order valence-electron chi connectivity index (χ1n) is 3.89. The summed E-state index contributed by atoms with van der Waals surface area (Å²) in [5.74, 6) is 0.176. The second-order valence-corrected chi connectivity index (χ2v) is 2.69. The minimum atomic E-state index is 0.176. The van der Waals surface area contributed by atoms with Gasteiger partial charge in [0.1, 0.15) is 0 Å². The Balaban J connectivity index is 2.38. The smallest absolute Gasteiger partial charge is 0.165 e. The van der Waals surface area contributed by atoms with E-state index in [0.717, 1.165) is 12.0 Å². The molecular weight excluding hydrogens is 152 g/mol. The lowest BCUT2D eigenvalue weighted by molar-refractivity contribution is -0.113. The van der Waals surface area contributed by atoms with Crippen molar-refractivity contribution < 1.29 is 4.79 Å². The van der Waals surface area contributed by atoms with Gasteiger partial charge in [-0.15, -0.1) is 0 Å². The first-order valence-corrected chi connectivity index (χ1v) is 3.89. The maximum absolute atomic E-state index is 11.2. The Bertz CT molecular complexity index is 330. The van der Waals surface area contributed by atoms with Crippen LogP contribution in [-0.2, 0) is 4.79 Å². The van der Waals surface area contributed by atoms with Gasteiger partial charge in [0.2, 0.25) is 0 Å². The average molecular weight is 160 g/mol. The Hall–Kier alpha value is -1.51. The quantitative estimate of drug-likeness (QED) is 0.620. The Labute approximate surface area is 70.1 Å². The van der Waals surface area contributed by atoms with Crippen LogP contribution in [0.15, 0.2) is 24.4 Å². The molecule has 1 aromatic rings. The monoisotopic (exact) mass is 160 g/mol. The summed E-state index contributed by atoms with van der Waals surface area (Å²) < 4.78 is 0. The lowest BCUT2D eigenvalue weighted by Crippen LogP contribution is -1.97. The molecule has 3 nitrogen and oxygen atoms in total. The first-order chi connectivity index (χ1) is 5.88. The zero-order valence-corrected chi connectivity index (χ0v) is 6.53. The highest BCUT2D eigenvalue weighted by Crippen LogP contribution is 2.21. The summed E-state index contributed by atoms with van der Waals surface area (Å²) in [7, 11) is 0. The van der Waals surface area contributed by atoms with Crippen molar-refractivity contribution in [3.63, 3.8) is 0 Å². The number of allylic oxidation sites excluding steroid dienone is 2. The molecule has 1 aliphatic carbocycles. The van der Waals surface area contributed by atoms with Crippen LogP contribution in [0.25, 0.3) is 5.57 Å². The van der Waals surface area contributed by atoms with Gasteiger partial charge in [0, 0.05) is 18.2 Å². The van der Waals surface area contributed by atoms with E-state index in [4.69, 9.17) is 0 Å². The minimum absolute atomic E-state index is 0.176. The number of hydrogen-bond donors (Lipinski definition) is 0. The highest BCUT2D eigenvalue weighted by molar-refractivity contribution is 6.21. The van der Waals surface area contributed by atoms with Crippen LogP contribution in [0.4, 0.5) is 0 Å². The molecule has 0 bridgehead atoms. The van der Waals surface area contributed by atoms with E-state index in [2.05, 4.69) is 10.2 Å². The largest absolute Gasteiger partial charge is 0.294 e. The van der Waals surface area contributed by atoms with Crippen LogP contribution in [0.2, 0.25) is 0 Å². The molecule has 0 spiro atoms. The Kier molecular flexibility index (Phi) is 1.70. The fraction of sp³-hybridized carbons (Fsp3) is 0.222. The molecule has 0 aliphatic heterocycles. The second-order valence-electron chi connectivity index (χ2n) is 2.69. The van der Waals surface area contributed by atoms with Gasteiger partial charge >= 0.3 is 0 Å². The summed E-state index contributed by atoms with van der Waals surface area (Å²) >= 11 is 0. The topological polar surface area (TPSA) is 42.9 Å². The number of rotatable bonds is 1. The maximum atomic E-state index is 11.2. The molecule has 0 saturated carbocycles. The van der Waals surface area contributed by atoms with Crippen molar-refractivity contribution in [1.29, 1.82) is 0 Å². The van der Waals surface area contributed by atoms with E-state index in [9.17, 15) is 4.79 Å². The predicted molar refractivity (Wildman–Crippen MR) is 44.3 cm³/mol. The number of nitrogens with zero attached hydrogens (tertiary/aromatic N) is 2. The third kappa shape index (κ3) is 1.13. The summed E-state index contributed by atoms with van der Waals surface area (Å²) in [4.78, 5) is 11.2. The van der Waals surface area contributed by atoms with E-state index < -0.39 is 0 Å². The van der Waals surface area contributed by atoms with Gasteiger partial charge in [0.15, 0.2) is 5.78 Å². The summed E-state index contributed by atoms with van der Waals surface area (Å²) in [6, 6.07) is 3.59. The van der Waals surface area contributed by atoms with Crippen molar-refractivity contribution in [2.24, 2.45) is 0 Å². The van der Waals surface area contributed by atoms with Crippen LogP contribution >= 0.6 is 0 Å². The standard InChI is InChI=1S/C9H8N2O/c12-9-5-1-3-7(9)8-4-2-6-10-11-8/h2-4,6H,1,5H2. The number of carbonyl (C=O) groups excluding carboxylic acids is 1. The SMILES string of the molecule is O=C1CCC=C1c1cccnn1. The molecule has 0 unspecified atom stereocenters. The van der Waals surface area contributed by atoms with E-state index in [-0.39, 0.29) is 5.78 Å². The van der Waals surface area contributed by atoms with Crippen LogP contribution in [0.1, 0.15) is 18.5 Å². The van der Waals surface area contributed by atoms with Gasteiger partial charge in [-0.2, -0.15) is 10.2 Å². The van der Waals surface area contributed by atoms with Gasteiger partial charge in [0.25, 0.3) is 0 Å². The lowest BCUT2D eigenvalue weighted by Gasteiger charge is -1.96. The molecule has 0 radical (unpaired) electrons. The number of carbonyl (C=O) groups is 1. The van der Waals surface area contributed by atoms with E-state index in [1.807, 2.05) is 12.1 Å². The summed E-state index contributed by atoms with van der Waals surface area (Å²) in [5, 5.41) is 7.59. The molecule has 1 aliphatic rings. The number of hydrogen-bond acceptors (Lipinski definition) is 3. The van der Waals surface area contributed by atoms with Crippen LogP contribution in [0.5, 0.6) is 0 Å². The molecule has 0 atom stereocenters. The molecule has 0 aromatic carbocycles. The van der Waals surface area contributed by atoms with Gasteiger partial charge in [-0.25, -0.2) is 0 Å². The molecule has 1 aromatic heterocycles. The zero-order chi connectivity index (χ0) is 8.39. The van der Waals surface area contributed by atoms with Gasteiger partial charge < -0.3 is 0 Å². The summed E-state index contributed by atoms with van der Waals surface area (Å²) in [6.45, 7) is 0. The van der Waals surface area contributed by atoms with E-state index >= 15 is 0 Å². The van der Waals surface area contributed by atoms with Crippen molar-refractivity contribution in [3.8, 4) is 0 Å². The highest BCUT2D eigenvalue weighted by atomic mass is 16.1. The van der Waals surface area contributed by atoms with Crippen LogP contribution in [0.3, 0.4) is 0 Å². The van der Waals surface area contributed by atoms with Gasteiger partial charge in [-0.3, -0.25) is 4.79 Å². The Morgan fingerprint density at radius 2 is 2.33 bits per heavy atom. The van der Waals surface area contributed by atoms with Crippen molar-refractivity contribution in [2.45, 2.75) is 12.8 Å². The molecule has 1 heterocycles. The van der Waals surface area contributed by atoms with E-state index in [1.54, 1.807) is 12.3 Å². The maximum Gasteiger partial charge on any atom is 0.165 e. The highest BCUT2D eigenvalue weighted by Gasteiger charge is 2.17. The molecule has 12 heavy (non-hydrogen) atoms. The normalized spacial score (nSPS) is 16.3. The molecule has 0 saturated heterocycles. The van der Waals surface area contributed by atoms with E-state index in [1.165, 1.54) is 0 Å². The second kappa shape index (κ2) is 2.85. The number of ketones is 1. The lowest BCUT2D eigenvalue weighted by atomic mass is 10.1. The molecule has 2 rings (SSSR count).